The van der Waals surface area contributed by atoms with Crippen LogP contribution in [0, 0.1) is 0 Å². The van der Waals surface area contributed by atoms with Crippen LogP contribution in [0.25, 0.3) is 42.2 Å². The van der Waals surface area contributed by atoms with Crippen molar-refractivity contribution >= 4 is 55.5 Å². The van der Waals surface area contributed by atoms with Gasteiger partial charge in [-0.3, -0.25) is 4.98 Å². The summed E-state index contributed by atoms with van der Waals surface area (Å²) in [7, 11) is -1.34. The van der Waals surface area contributed by atoms with Gasteiger partial charge in [-0.25, -0.2) is 0 Å². The number of aromatic nitrogens is 1. The van der Waals surface area contributed by atoms with E-state index in [0.717, 1.165) is 5.69 Å². The molecule has 1 nitrogen and oxygen atoms in total. The Morgan fingerprint density at radius 3 is 2.32 bits per heavy atom. The predicted molar refractivity (Wildman–Crippen MR) is 142 cm³/mol. The van der Waals surface area contributed by atoms with Crippen molar-refractivity contribution in [3.8, 4) is 11.3 Å². The molecule has 156 valence electrons. The van der Waals surface area contributed by atoms with Crippen LogP contribution >= 0.6 is 11.3 Å². The first-order valence-corrected chi connectivity index (χ1v) is 15.3. The lowest BCUT2D eigenvalue weighted by molar-refractivity contribution is 0.596. The van der Waals surface area contributed by atoms with E-state index in [4.69, 9.17) is 4.98 Å². The highest BCUT2D eigenvalue weighted by molar-refractivity contribution is 7.26. The van der Waals surface area contributed by atoms with Crippen LogP contribution in [-0.2, 0) is 5.41 Å². The van der Waals surface area contributed by atoms with E-state index in [1.807, 2.05) is 17.5 Å². The molecular weight excluding hydrogens is 410 g/mol. The lowest BCUT2D eigenvalue weighted by Crippen LogP contribution is -2.37. The molecule has 2 aromatic heterocycles. The van der Waals surface area contributed by atoms with Gasteiger partial charge in [-0.1, -0.05) is 82.0 Å². The monoisotopic (exact) mass is 439 g/mol. The number of thiophene rings is 1. The topological polar surface area (TPSA) is 12.9 Å². The summed E-state index contributed by atoms with van der Waals surface area (Å²) in [5.41, 5.74) is 3.76. The lowest BCUT2D eigenvalue weighted by Gasteiger charge is -2.22. The quantitative estimate of drug-likeness (QED) is 0.253. The van der Waals surface area contributed by atoms with Gasteiger partial charge in [0.1, 0.15) is 0 Å². The third-order valence-corrected chi connectivity index (χ3v) is 9.42. The number of nitrogens with zero attached hydrogens (tertiary/aromatic N) is 1. The zero-order chi connectivity index (χ0) is 22.0. The maximum absolute atomic E-state index is 4.89. The van der Waals surface area contributed by atoms with Gasteiger partial charge in [-0.2, -0.15) is 0 Å². The normalized spacial score (nSPS) is 12.8. The average molecular weight is 440 g/mol. The number of pyridine rings is 1. The Morgan fingerprint density at radius 1 is 0.806 bits per heavy atom. The molecule has 0 radical (unpaired) electrons. The minimum absolute atomic E-state index is 0.0654. The van der Waals surface area contributed by atoms with Crippen molar-refractivity contribution in [1.82, 2.24) is 4.98 Å². The number of benzene rings is 3. The maximum Gasteiger partial charge on any atom is 0.0880 e. The van der Waals surface area contributed by atoms with E-state index in [1.54, 1.807) is 0 Å². The van der Waals surface area contributed by atoms with Crippen molar-refractivity contribution in [3.63, 3.8) is 0 Å². The first kappa shape index (κ1) is 20.4. The number of rotatable bonds is 2. The molecule has 5 rings (SSSR count). The molecule has 0 fully saturated rings. The van der Waals surface area contributed by atoms with E-state index in [-0.39, 0.29) is 5.41 Å². The third kappa shape index (κ3) is 3.50. The summed E-state index contributed by atoms with van der Waals surface area (Å²) in [6.45, 7) is 14.1. The highest BCUT2D eigenvalue weighted by atomic mass is 32.1. The summed E-state index contributed by atoms with van der Waals surface area (Å²) in [6, 6.07) is 22.7. The molecule has 0 aliphatic rings. The highest BCUT2D eigenvalue weighted by Gasteiger charge is 2.21. The molecule has 0 unspecified atom stereocenters. The Bertz CT molecular complexity index is 1450. The average Bonchev–Trinajstić information content (AvgIpc) is 3.09. The lowest BCUT2D eigenvalue weighted by atomic mass is 9.82. The van der Waals surface area contributed by atoms with Crippen molar-refractivity contribution in [2.75, 3.05) is 0 Å². The first-order chi connectivity index (χ1) is 14.6. The van der Waals surface area contributed by atoms with Gasteiger partial charge in [0.2, 0.25) is 0 Å². The summed E-state index contributed by atoms with van der Waals surface area (Å²) < 4.78 is 2.67. The molecule has 0 atom stereocenters. The van der Waals surface area contributed by atoms with E-state index in [9.17, 15) is 0 Å². The van der Waals surface area contributed by atoms with Crippen LogP contribution in [0.15, 0.2) is 66.9 Å². The summed E-state index contributed by atoms with van der Waals surface area (Å²) in [5.74, 6) is 0. The van der Waals surface area contributed by atoms with Crippen LogP contribution in [-0.4, -0.2) is 13.1 Å². The zero-order valence-corrected chi connectivity index (χ0v) is 21.0. The van der Waals surface area contributed by atoms with Crippen molar-refractivity contribution < 1.29 is 0 Å². The molecule has 3 heteroatoms. The Morgan fingerprint density at radius 2 is 1.58 bits per heavy atom. The number of fused-ring (bicyclic) bond motifs is 4. The fourth-order valence-electron chi connectivity index (χ4n) is 4.44. The first-order valence-electron chi connectivity index (χ1n) is 11.0. The van der Waals surface area contributed by atoms with Crippen LogP contribution in [0.5, 0.6) is 0 Å². The molecule has 0 amide bonds. The van der Waals surface area contributed by atoms with Crippen molar-refractivity contribution in [1.29, 1.82) is 0 Å². The van der Waals surface area contributed by atoms with Gasteiger partial charge in [0, 0.05) is 27.2 Å². The van der Waals surface area contributed by atoms with Crippen LogP contribution in [0.4, 0.5) is 0 Å². The second-order valence-corrected chi connectivity index (χ2v) is 16.7. The second-order valence-electron chi connectivity index (χ2n) is 10.6. The molecule has 5 aromatic rings. The molecule has 0 aliphatic heterocycles. The third-order valence-electron chi connectivity index (χ3n) is 6.20. The molecular formula is C28H29NSSi. The van der Waals surface area contributed by atoms with Gasteiger partial charge in [-0.05, 0) is 46.0 Å². The molecule has 0 aliphatic carbocycles. The smallest absolute Gasteiger partial charge is 0.0880 e. The SMILES string of the molecule is CC(C)(C)c1cc(-c2nccc3c2sc2cc([Si](C)(C)C)ccc23)cc2ccccc12. The molecule has 0 saturated carbocycles. The largest absolute Gasteiger partial charge is 0.255 e. The molecule has 0 saturated heterocycles. The summed E-state index contributed by atoms with van der Waals surface area (Å²) in [6.07, 6.45) is 1.97. The van der Waals surface area contributed by atoms with Crippen LogP contribution in [0.1, 0.15) is 26.3 Å². The Kier molecular flexibility index (Phi) is 4.62. The molecule has 31 heavy (non-hydrogen) atoms. The highest BCUT2D eigenvalue weighted by Crippen LogP contribution is 2.41. The van der Waals surface area contributed by atoms with Gasteiger partial charge in [0.05, 0.1) is 18.5 Å². The standard InChI is InChI=1S/C28H29NSSi/c1-28(2,3)24-16-19(15-18-9-7-8-10-21(18)24)26-27-23(13-14-29-26)22-12-11-20(31(4,5)6)17-25(22)30-27/h7-17H,1-6H3. The van der Waals surface area contributed by atoms with E-state index in [0.29, 0.717) is 0 Å². The van der Waals surface area contributed by atoms with E-state index in [2.05, 4.69) is 101 Å². The van der Waals surface area contributed by atoms with E-state index < -0.39 is 8.07 Å². The van der Waals surface area contributed by atoms with Gasteiger partial charge < -0.3 is 0 Å². The van der Waals surface area contributed by atoms with Crippen molar-refractivity contribution in [2.24, 2.45) is 0 Å². The molecule has 3 aromatic carbocycles. The second kappa shape index (κ2) is 7.01. The van der Waals surface area contributed by atoms with Gasteiger partial charge in [0.15, 0.2) is 0 Å². The van der Waals surface area contributed by atoms with Gasteiger partial charge in [0.25, 0.3) is 0 Å². The van der Waals surface area contributed by atoms with Crippen LogP contribution in [0.2, 0.25) is 19.6 Å². The van der Waals surface area contributed by atoms with E-state index >= 15 is 0 Å². The summed E-state index contributed by atoms with van der Waals surface area (Å²) in [4.78, 5) is 4.89. The fourth-order valence-corrected chi connectivity index (χ4v) is 6.96. The Balaban J connectivity index is 1.80. The minimum Gasteiger partial charge on any atom is -0.255 e. The fraction of sp³-hybridized carbons (Fsp3) is 0.250. The number of hydrogen-bond acceptors (Lipinski definition) is 2. The maximum atomic E-state index is 4.89. The zero-order valence-electron chi connectivity index (χ0n) is 19.2. The summed E-state index contributed by atoms with van der Waals surface area (Å²) in [5, 5.41) is 6.80. The van der Waals surface area contributed by atoms with Crippen LogP contribution in [0.3, 0.4) is 0 Å². The molecule has 0 bridgehead atoms. The number of hydrogen-bond donors (Lipinski definition) is 0. The minimum atomic E-state index is -1.34. The Labute approximate surface area is 189 Å². The van der Waals surface area contributed by atoms with Crippen molar-refractivity contribution in [3.05, 3.63) is 72.4 Å². The van der Waals surface area contributed by atoms with Crippen molar-refractivity contribution in [2.45, 2.75) is 45.8 Å². The van der Waals surface area contributed by atoms with Gasteiger partial charge >= 0.3 is 0 Å². The molecule has 0 N–H and O–H groups in total. The van der Waals surface area contributed by atoms with Crippen LogP contribution < -0.4 is 5.19 Å². The van der Waals surface area contributed by atoms with Gasteiger partial charge in [-0.15, -0.1) is 11.3 Å². The predicted octanol–water partition coefficient (Wildman–Crippen LogP) is 8.11. The summed E-state index contributed by atoms with van der Waals surface area (Å²) >= 11 is 1.89. The molecule has 2 heterocycles. The Hall–Kier alpha value is -2.49. The molecule has 0 spiro atoms. The van der Waals surface area contributed by atoms with E-state index in [1.165, 1.54) is 47.3 Å².